The number of hydrogen-bond donors (Lipinski definition) is 3. The van der Waals surface area contributed by atoms with Crippen molar-refractivity contribution in [1.82, 2.24) is 10.6 Å². The standard InChI is InChI=1S/C19H31N3O4S/c1-13(2)17(20)18(24)22-12-16(23)21-10-11-27(25,26)15-8-6-14(7-9-15)19(3,4)5/h6-9,13,17H,10-12,20H2,1-5H3,(H,21,23)(H,22,24)/t17-/m0/s1. The zero-order chi connectivity index (χ0) is 20.8. The Bertz CT molecular complexity index is 750. The first-order valence-electron chi connectivity index (χ1n) is 8.98. The molecule has 0 saturated heterocycles. The lowest BCUT2D eigenvalue weighted by Crippen LogP contribution is -2.47. The van der Waals surface area contributed by atoms with Crippen LogP contribution in [-0.4, -0.2) is 45.1 Å². The Labute approximate surface area is 162 Å². The van der Waals surface area contributed by atoms with Crippen LogP contribution in [0.15, 0.2) is 29.2 Å². The van der Waals surface area contributed by atoms with E-state index in [2.05, 4.69) is 31.4 Å². The van der Waals surface area contributed by atoms with Gasteiger partial charge in [-0.3, -0.25) is 9.59 Å². The van der Waals surface area contributed by atoms with Gasteiger partial charge in [-0.05, 0) is 29.0 Å². The van der Waals surface area contributed by atoms with Gasteiger partial charge in [0.15, 0.2) is 9.84 Å². The first-order valence-corrected chi connectivity index (χ1v) is 10.6. The molecule has 1 aromatic carbocycles. The summed E-state index contributed by atoms with van der Waals surface area (Å²) in [4.78, 5) is 23.7. The Balaban J connectivity index is 2.50. The zero-order valence-corrected chi connectivity index (χ0v) is 17.5. The first kappa shape index (κ1) is 23.1. The fraction of sp³-hybridized carbons (Fsp3) is 0.579. The molecule has 0 aliphatic carbocycles. The summed E-state index contributed by atoms with van der Waals surface area (Å²) in [6.07, 6.45) is 0. The largest absolute Gasteiger partial charge is 0.354 e. The molecule has 0 radical (unpaired) electrons. The minimum Gasteiger partial charge on any atom is -0.354 e. The lowest BCUT2D eigenvalue weighted by atomic mass is 9.87. The van der Waals surface area contributed by atoms with Crippen LogP contribution < -0.4 is 16.4 Å². The van der Waals surface area contributed by atoms with Crippen molar-refractivity contribution in [1.29, 1.82) is 0 Å². The van der Waals surface area contributed by atoms with Crippen LogP contribution in [-0.2, 0) is 24.8 Å². The SMILES string of the molecule is CC(C)[C@H](N)C(=O)NCC(=O)NCCS(=O)(=O)c1ccc(C(C)(C)C)cc1. The Hall–Kier alpha value is -1.93. The van der Waals surface area contributed by atoms with E-state index < -0.39 is 27.7 Å². The van der Waals surface area contributed by atoms with Gasteiger partial charge in [-0.25, -0.2) is 8.42 Å². The normalized spacial score (nSPS) is 13.3. The highest BCUT2D eigenvalue weighted by Gasteiger charge is 2.19. The van der Waals surface area contributed by atoms with E-state index in [1.54, 1.807) is 24.3 Å². The van der Waals surface area contributed by atoms with Gasteiger partial charge in [-0.15, -0.1) is 0 Å². The quantitative estimate of drug-likeness (QED) is 0.604. The molecule has 7 nitrogen and oxygen atoms in total. The molecule has 2 amide bonds. The topological polar surface area (TPSA) is 118 Å². The number of benzene rings is 1. The first-order chi connectivity index (χ1) is 12.3. The van der Waals surface area contributed by atoms with Gasteiger partial charge in [0.1, 0.15) is 0 Å². The van der Waals surface area contributed by atoms with Gasteiger partial charge < -0.3 is 16.4 Å². The Morgan fingerprint density at radius 3 is 2.11 bits per heavy atom. The molecule has 0 aromatic heterocycles. The van der Waals surface area contributed by atoms with Gasteiger partial charge in [0.2, 0.25) is 11.8 Å². The third-order valence-corrected chi connectivity index (χ3v) is 5.95. The van der Waals surface area contributed by atoms with Crippen LogP contribution in [0.3, 0.4) is 0 Å². The molecule has 0 bridgehead atoms. The number of amides is 2. The van der Waals surface area contributed by atoms with Gasteiger partial charge in [-0.2, -0.15) is 0 Å². The fourth-order valence-corrected chi connectivity index (χ4v) is 3.41. The summed E-state index contributed by atoms with van der Waals surface area (Å²) in [5.74, 6) is -1.13. The summed E-state index contributed by atoms with van der Waals surface area (Å²) in [6.45, 7) is 9.51. The fourth-order valence-electron chi connectivity index (χ4n) is 2.26. The van der Waals surface area contributed by atoms with Crippen molar-refractivity contribution in [3.8, 4) is 0 Å². The molecule has 0 heterocycles. The number of hydrogen-bond acceptors (Lipinski definition) is 5. The number of carbonyl (C=O) groups is 2. The minimum atomic E-state index is -3.50. The molecular weight excluding hydrogens is 366 g/mol. The Morgan fingerprint density at radius 1 is 1.07 bits per heavy atom. The molecule has 0 unspecified atom stereocenters. The smallest absolute Gasteiger partial charge is 0.239 e. The van der Waals surface area contributed by atoms with E-state index in [1.165, 1.54) is 0 Å². The molecule has 1 aromatic rings. The maximum atomic E-state index is 12.4. The third-order valence-electron chi connectivity index (χ3n) is 4.22. The van der Waals surface area contributed by atoms with Crippen molar-refractivity contribution >= 4 is 21.7 Å². The average Bonchev–Trinajstić information content (AvgIpc) is 2.58. The number of rotatable bonds is 8. The van der Waals surface area contributed by atoms with E-state index in [9.17, 15) is 18.0 Å². The summed E-state index contributed by atoms with van der Waals surface area (Å²) >= 11 is 0. The molecule has 0 aliphatic rings. The van der Waals surface area contributed by atoms with Crippen LogP contribution in [0, 0.1) is 5.92 Å². The van der Waals surface area contributed by atoms with Crippen LogP contribution in [0.2, 0.25) is 0 Å². The van der Waals surface area contributed by atoms with E-state index in [-0.39, 0.29) is 35.1 Å². The number of nitrogens with two attached hydrogens (primary N) is 1. The van der Waals surface area contributed by atoms with Crippen molar-refractivity contribution in [2.75, 3.05) is 18.8 Å². The molecule has 8 heteroatoms. The maximum Gasteiger partial charge on any atom is 0.239 e. The lowest BCUT2D eigenvalue weighted by molar-refractivity contribution is -0.127. The van der Waals surface area contributed by atoms with E-state index in [1.807, 2.05) is 13.8 Å². The molecule has 1 atom stereocenters. The summed E-state index contributed by atoms with van der Waals surface area (Å²) < 4.78 is 24.7. The molecule has 1 rings (SSSR count). The summed E-state index contributed by atoms with van der Waals surface area (Å²) in [7, 11) is -3.50. The molecule has 0 saturated carbocycles. The molecule has 152 valence electrons. The van der Waals surface area contributed by atoms with Crippen LogP contribution in [0.1, 0.15) is 40.2 Å². The second kappa shape index (κ2) is 9.32. The van der Waals surface area contributed by atoms with Crippen molar-refractivity contribution in [3.63, 3.8) is 0 Å². The van der Waals surface area contributed by atoms with Crippen LogP contribution in [0.25, 0.3) is 0 Å². The third kappa shape index (κ3) is 7.30. The van der Waals surface area contributed by atoms with E-state index >= 15 is 0 Å². The number of carbonyl (C=O) groups excluding carboxylic acids is 2. The van der Waals surface area contributed by atoms with Crippen LogP contribution >= 0.6 is 0 Å². The summed E-state index contributed by atoms with van der Waals surface area (Å²) in [5, 5.41) is 4.93. The van der Waals surface area contributed by atoms with Gasteiger partial charge in [-0.1, -0.05) is 46.8 Å². The van der Waals surface area contributed by atoms with Crippen LogP contribution in [0.4, 0.5) is 0 Å². The summed E-state index contributed by atoms with van der Waals surface area (Å²) in [6, 6.07) is 6.10. The summed E-state index contributed by atoms with van der Waals surface area (Å²) in [5.41, 5.74) is 6.67. The second-order valence-electron chi connectivity index (χ2n) is 7.93. The molecule has 0 fully saturated rings. The predicted molar refractivity (Wildman–Crippen MR) is 106 cm³/mol. The van der Waals surface area contributed by atoms with E-state index in [0.717, 1.165) is 5.56 Å². The van der Waals surface area contributed by atoms with Crippen molar-refractivity contribution in [3.05, 3.63) is 29.8 Å². The van der Waals surface area contributed by atoms with Gasteiger partial charge >= 0.3 is 0 Å². The zero-order valence-electron chi connectivity index (χ0n) is 16.7. The number of sulfone groups is 1. The predicted octanol–water partition coefficient (Wildman–Crippen LogP) is 0.974. The maximum absolute atomic E-state index is 12.4. The average molecular weight is 398 g/mol. The van der Waals surface area contributed by atoms with Gasteiger partial charge in [0, 0.05) is 6.54 Å². The van der Waals surface area contributed by atoms with E-state index in [4.69, 9.17) is 5.73 Å². The van der Waals surface area contributed by atoms with Crippen LogP contribution in [0.5, 0.6) is 0 Å². The highest BCUT2D eigenvalue weighted by Crippen LogP contribution is 2.23. The van der Waals surface area contributed by atoms with E-state index in [0.29, 0.717) is 0 Å². The van der Waals surface area contributed by atoms with Gasteiger partial charge in [0.05, 0.1) is 23.2 Å². The van der Waals surface area contributed by atoms with Gasteiger partial charge in [0.25, 0.3) is 0 Å². The number of nitrogens with one attached hydrogen (secondary N) is 2. The Kier molecular flexibility index (Phi) is 7.98. The highest BCUT2D eigenvalue weighted by molar-refractivity contribution is 7.91. The van der Waals surface area contributed by atoms with Crippen molar-refractivity contribution in [2.24, 2.45) is 11.7 Å². The molecular formula is C19H31N3O4S. The molecule has 0 aliphatic heterocycles. The molecule has 4 N–H and O–H groups in total. The Morgan fingerprint density at radius 2 is 1.63 bits per heavy atom. The van der Waals surface area contributed by atoms with Crippen molar-refractivity contribution < 1.29 is 18.0 Å². The monoisotopic (exact) mass is 397 g/mol. The lowest BCUT2D eigenvalue weighted by Gasteiger charge is -2.19. The molecule has 0 spiro atoms. The highest BCUT2D eigenvalue weighted by atomic mass is 32.2. The van der Waals surface area contributed by atoms with Crippen molar-refractivity contribution in [2.45, 2.75) is 51.0 Å². The molecule has 27 heavy (non-hydrogen) atoms. The second-order valence-corrected chi connectivity index (χ2v) is 10.0. The minimum absolute atomic E-state index is 0.0334.